The Bertz CT molecular complexity index is 1020. The lowest BCUT2D eigenvalue weighted by atomic mass is 9.98. The number of benzene rings is 2. The molecular formula is C25H29N5OS. The number of hydrazone groups is 1. The Morgan fingerprint density at radius 2 is 2.03 bits per heavy atom. The monoisotopic (exact) mass is 447 g/mol. The molecule has 7 heteroatoms. The van der Waals surface area contributed by atoms with Crippen molar-refractivity contribution in [2.75, 3.05) is 24.5 Å². The molecule has 6 nitrogen and oxygen atoms in total. The van der Waals surface area contributed by atoms with Gasteiger partial charge in [-0.2, -0.15) is 5.10 Å². The quantitative estimate of drug-likeness (QED) is 0.405. The van der Waals surface area contributed by atoms with Gasteiger partial charge in [-0.05, 0) is 43.5 Å². The molecule has 1 saturated heterocycles. The highest BCUT2D eigenvalue weighted by atomic mass is 32.2. The van der Waals surface area contributed by atoms with Crippen LogP contribution in [0.4, 0.5) is 5.69 Å². The molecular weight excluding hydrogens is 418 g/mol. The minimum atomic E-state index is 0.0109. The Labute approximate surface area is 194 Å². The van der Waals surface area contributed by atoms with E-state index in [1.54, 1.807) is 5.01 Å². The standard InChI is InChI=1S/C25H29N5OS/c1-2-15-30(24(31)20-11-8-14-26-16-20)27-18-29-22(19-9-4-3-5-10-19)17-28-21-12-6-7-13-23(21)32-25(28)29/h3-7,9-10,12-13,17-18,20,25-26H,2,8,11,14-16H2,1H3. The van der Waals surface area contributed by atoms with E-state index in [2.05, 4.69) is 76.8 Å². The van der Waals surface area contributed by atoms with Gasteiger partial charge in [-0.25, -0.2) is 5.01 Å². The van der Waals surface area contributed by atoms with Crippen LogP contribution in [0.5, 0.6) is 0 Å². The minimum absolute atomic E-state index is 0.0109. The Morgan fingerprint density at radius 3 is 2.81 bits per heavy atom. The number of piperidine rings is 1. The van der Waals surface area contributed by atoms with Crippen molar-refractivity contribution in [1.82, 2.24) is 15.2 Å². The van der Waals surface area contributed by atoms with Crippen LogP contribution in [0.15, 0.2) is 70.8 Å². The molecule has 1 fully saturated rings. The molecule has 2 aromatic rings. The van der Waals surface area contributed by atoms with Crippen molar-refractivity contribution in [2.24, 2.45) is 11.0 Å². The predicted octanol–water partition coefficient (Wildman–Crippen LogP) is 4.38. The van der Waals surface area contributed by atoms with E-state index in [0.717, 1.165) is 43.6 Å². The first kappa shape index (κ1) is 21.1. The summed E-state index contributed by atoms with van der Waals surface area (Å²) in [6.07, 6.45) is 6.90. The third-order valence-corrected chi connectivity index (χ3v) is 7.38. The van der Waals surface area contributed by atoms with Crippen molar-refractivity contribution in [3.63, 3.8) is 0 Å². The van der Waals surface area contributed by atoms with Crippen LogP contribution >= 0.6 is 11.8 Å². The maximum Gasteiger partial charge on any atom is 0.247 e. The van der Waals surface area contributed by atoms with Crippen LogP contribution in [-0.2, 0) is 4.79 Å². The SMILES string of the molecule is CCCN(N=CN1C(c2ccccc2)=CN2c3ccccc3SC12)C(=O)C1CCCNC1. The van der Waals surface area contributed by atoms with Gasteiger partial charge in [0.2, 0.25) is 5.91 Å². The molecule has 32 heavy (non-hydrogen) atoms. The van der Waals surface area contributed by atoms with Crippen molar-refractivity contribution in [3.05, 3.63) is 66.4 Å². The van der Waals surface area contributed by atoms with Crippen LogP contribution in [-0.4, -0.2) is 47.3 Å². The predicted molar refractivity (Wildman–Crippen MR) is 131 cm³/mol. The average molecular weight is 448 g/mol. The van der Waals surface area contributed by atoms with Crippen molar-refractivity contribution >= 4 is 35.4 Å². The van der Waals surface area contributed by atoms with Crippen molar-refractivity contribution in [2.45, 2.75) is 36.6 Å². The molecule has 0 aromatic heterocycles. The summed E-state index contributed by atoms with van der Waals surface area (Å²) in [6, 6.07) is 18.9. The molecule has 0 saturated carbocycles. The molecule has 0 radical (unpaired) electrons. The van der Waals surface area contributed by atoms with Gasteiger partial charge >= 0.3 is 0 Å². The number of anilines is 1. The van der Waals surface area contributed by atoms with E-state index in [-0.39, 0.29) is 17.3 Å². The highest BCUT2D eigenvalue weighted by Gasteiger charge is 2.39. The fraction of sp³-hybridized carbons (Fsp3) is 0.360. The molecule has 1 N–H and O–H groups in total. The van der Waals surface area contributed by atoms with Crippen LogP contribution in [0.3, 0.4) is 0 Å². The van der Waals surface area contributed by atoms with Gasteiger partial charge in [0, 0.05) is 24.2 Å². The van der Waals surface area contributed by atoms with Gasteiger partial charge in [-0.3, -0.25) is 9.69 Å². The van der Waals surface area contributed by atoms with Crippen LogP contribution in [0.2, 0.25) is 0 Å². The van der Waals surface area contributed by atoms with Gasteiger partial charge in [0.05, 0.1) is 17.3 Å². The number of para-hydroxylation sites is 1. The zero-order valence-corrected chi connectivity index (χ0v) is 19.2. The Morgan fingerprint density at radius 1 is 1.22 bits per heavy atom. The van der Waals surface area contributed by atoms with E-state index in [9.17, 15) is 4.79 Å². The van der Waals surface area contributed by atoms with Gasteiger partial charge in [-0.15, -0.1) is 0 Å². The Hall–Kier alpha value is -2.77. The molecule has 3 heterocycles. The second-order valence-corrected chi connectivity index (χ2v) is 9.44. The average Bonchev–Trinajstić information content (AvgIpc) is 3.39. The smallest absolute Gasteiger partial charge is 0.247 e. The molecule has 0 spiro atoms. The highest BCUT2D eigenvalue weighted by Crippen LogP contribution is 2.49. The van der Waals surface area contributed by atoms with Gasteiger partial charge < -0.3 is 10.2 Å². The number of fused-ring (bicyclic) bond motifs is 3. The van der Waals surface area contributed by atoms with Crippen LogP contribution < -0.4 is 10.2 Å². The van der Waals surface area contributed by atoms with E-state index in [4.69, 9.17) is 5.10 Å². The lowest BCUT2D eigenvalue weighted by molar-refractivity contribution is -0.136. The lowest BCUT2D eigenvalue weighted by Crippen LogP contribution is -2.42. The van der Waals surface area contributed by atoms with Crippen molar-refractivity contribution in [1.29, 1.82) is 0 Å². The summed E-state index contributed by atoms with van der Waals surface area (Å²) < 4.78 is 0. The number of carbonyl (C=O) groups excluding carboxylic acids is 1. The largest absolute Gasteiger partial charge is 0.316 e. The maximum absolute atomic E-state index is 13.2. The van der Waals surface area contributed by atoms with Gasteiger partial charge in [-0.1, -0.05) is 61.2 Å². The maximum atomic E-state index is 13.2. The third kappa shape index (κ3) is 4.02. The number of amides is 1. The van der Waals surface area contributed by atoms with E-state index < -0.39 is 0 Å². The number of nitrogens with zero attached hydrogens (tertiary/aromatic N) is 4. The molecule has 2 aromatic carbocycles. The molecule has 0 bridgehead atoms. The second-order valence-electron chi connectivity index (χ2n) is 8.34. The Kier molecular flexibility index (Phi) is 6.19. The number of hydrogen-bond donors (Lipinski definition) is 1. The van der Waals surface area contributed by atoms with Crippen molar-refractivity contribution in [3.8, 4) is 0 Å². The first-order valence-electron chi connectivity index (χ1n) is 11.4. The molecule has 2 unspecified atom stereocenters. The minimum Gasteiger partial charge on any atom is -0.316 e. The number of thioether (sulfide) groups is 1. The topological polar surface area (TPSA) is 51.2 Å². The van der Waals surface area contributed by atoms with E-state index >= 15 is 0 Å². The number of hydrogen-bond acceptors (Lipinski definition) is 5. The molecule has 2 atom stereocenters. The van der Waals surface area contributed by atoms with Gasteiger partial charge in [0.25, 0.3) is 0 Å². The van der Waals surface area contributed by atoms with Crippen molar-refractivity contribution < 1.29 is 4.79 Å². The summed E-state index contributed by atoms with van der Waals surface area (Å²) in [5, 5.41) is 9.77. The molecule has 0 aliphatic carbocycles. The summed E-state index contributed by atoms with van der Waals surface area (Å²) in [7, 11) is 0. The fourth-order valence-corrected chi connectivity index (χ4v) is 5.73. The van der Waals surface area contributed by atoms with Crippen LogP contribution in [0.1, 0.15) is 31.7 Å². The lowest BCUT2D eigenvalue weighted by Gasteiger charge is -2.28. The highest BCUT2D eigenvalue weighted by molar-refractivity contribution is 8.00. The first-order chi connectivity index (χ1) is 15.8. The first-order valence-corrected chi connectivity index (χ1v) is 12.3. The van der Waals surface area contributed by atoms with Gasteiger partial charge in [0.15, 0.2) is 5.50 Å². The third-order valence-electron chi connectivity index (χ3n) is 6.11. The Balaban J connectivity index is 1.44. The fourth-order valence-electron chi connectivity index (χ4n) is 4.48. The molecule has 3 aliphatic rings. The van der Waals surface area contributed by atoms with Crippen LogP contribution in [0, 0.1) is 5.92 Å². The summed E-state index contributed by atoms with van der Waals surface area (Å²) in [4.78, 5) is 18.9. The number of carbonyl (C=O) groups is 1. The normalized spacial score (nSPS) is 22.1. The molecule has 1 amide bonds. The summed E-state index contributed by atoms with van der Waals surface area (Å²) in [5.41, 5.74) is 3.49. The number of rotatable bonds is 6. The van der Waals surface area contributed by atoms with Crippen LogP contribution in [0.25, 0.3) is 5.70 Å². The number of nitrogens with one attached hydrogen (secondary N) is 1. The second kappa shape index (κ2) is 9.38. The van der Waals surface area contributed by atoms with E-state index in [0.29, 0.717) is 6.54 Å². The summed E-state index contributed by atoms with van der Waals surface area (Å²) in [6.45, 7) is 4.46. The van der Waals surface area contributed by atoms with Gasteiger partial charge in [0.1, 0.15) is 6.34 Å². The van der Waals surface area contributed by atoms with E-state index in [1.807, 2.05) is 24.2 Å². The molecule has 166 valence electrons. The molecule has 5 rings (SSSR count). The molecule has 3 aliphatic heterocycles. The van der Waals surface area contributed by atoms with E-state index in [1.165, 1.54) is 10.6 Å². The summed E-state index contributed by atoms with van der Waals surface area (Å²) in [5.74, 6) is 0.135. The summed E-state index contributed by atoms with van der Waals surface area (Å²) >= 11 is 1.81. The zero-order chi connectivity index (χ0) is 21.9. The zero-order valence-electron chi connectivity index (χ0n) is 18.4.